The SMILES string of the molecule is Cl.N[C@@H]1CN(C(=O)COC2CCOCC2)C[C@H]1c1ccccc1. The lowest BCUT2D eigenvalue weighted by atomic mass is 9.95. The average molecular weight is 341 g/mol. The number of amides is 1. The Kier molecular flexibility index (Phi) is 6.84. The van der Waals surface area contributed by atoms with E-state index in [0.29, 0.717) is 13.1 Å². The van der Waals surface area contributed by atoms with Gasteiger partial charge in [-0.05, 0) is 18.4 Å². The lowest BCUT2D eigenvalue weighted by Gasteiger charge is -2.23. The van der Waals surface area contributed by atoms with Gasteiger partial charge in [0.05, 0.1) is 6.10 Å². The van der Waals surface area contributed by atoms with E-state index in [1.54, 1.807) is 0 Å². The Bertz CT molecular complexity index is 494. The monoisotopic (exact) mass is 340 g/mol. The number of carbonyl (C=O) groups is 1. The molecule has 6 heteroatoms. The van der Waals surface area contributed by atoms with E-state index in [1.165, 1.54) is 5.56 Å². The Morgan fingerprint density at radius 1 is 1.22 bits per heavy atom. The van der Waals surface area contributed by atoms with E-state index in [-0.39, 0.29) is 43.0 Å². The van der Waals surface area contributed by atoms with Gasteiger partial charge in [0, 0.05) is 38.3 Å². The Hall–Kier alpha value is -1.14. The minimum Gasteiger partial charge on any atom is -0.381 e. The van der Waals surface area contributed by atoms with Crippen LogP contribution in [0, 0.1) is 0 Å². The number of nitrogens with two attached hydrogens (primary N) is 1. The second-order valence-electron chi connectivity index (χ2n) is 6.10. The van der Waals surface area contributed by atoms with Crippen LogP contribution in [0.25, 0.3) is 0 Å². The third kappa shape index (κ3) is 4.67. The molecule has 0 bridgehead atoms. The Labute approximate surface area is 143 Å². The van der Waals surface area contributed by atoms with E-state index >= 15 is 0 Å². The summed E-state index contributed by atoms with van der Waals surface area (Å²) in [6, 6.07) is 10.2. The normalized spacial score (nSPS) is 25.2. The van der Waals surface area contributed by atoms with Crippen LogP contribution in [0.3, 0.4) is 0 Å². The lowest BCUT2D eigenvalue weighted by Crippen LogP contribution is -2.36. The van der Waals surface area contributed by atoms with Crippen molar-refractivity contribution in [3.05, 3.63) is 35.9 Å². The number of likely N-dealkylation sites (tertiary alicyclic amines) is 1. The van der Waals surface area contributed by atoms with Crippen LogP contribution in [0.1, 0.15) is 24.3 Å². The molecule has 0 saturated carbocycles. The molecule has 2 aliphatic heterocycles. The summed E-state index contributed by atoms with van der Waals surface area (Å²) in [5, 5.41) is 0. The number of rotatable bonds is 4. The van der Waals surface area contributed by atoms with Crippen molar-refractivity contribution in [3.63, 3.8) is 0 Å². The van der Waals surface area contributed by atoms with Gasteiger partial charge in [-0.2, -0.15) is 0 Å². The Morgan fingerprint density at radius 3 is 2.61 bits per heavy atom. The highest BCUT2D eigenvalue weighted by molar-refractivity contribution is 5.85. The molecule has 2 N–H and O–H groups in total. The van der Waals surface area contributed by atoms with E-state index in [2.05, 4.69) is 12.1 Å². The summed E-state index contributed by atoms with van der Waals surface area (Å²) in [6.07, 6.45) is 1.90. The van der Waals surface area contributed by atoms with Crippen molar-refractivity contribution in [1.29, 1.82) is 0 Å². The highest BCUT2D eigenvalue weighted by Gasteiger charge is 2.34. The number of nitrogens with zero attached hydrogens (tertiary/aromatic N) is 1. The average Bonchev–Trinajstić information content (AvgIpc) is 2.96. The molecule has 1 aromatic carbocycles. The molecule has 0 aliphatic carbocycles. The van der Waals surface area contributed by atoms with E-state index in [0.717, 1.165) is 26.1 Å². The third-order valence-electron chi connectivity index (χ3n) is 4.56. The zero-order chi connectivity index (χ0) is 15.4. The van der Waals surface area contributed by atoms with Gasteiger partial charge in [-0.15, -0.1) is 12.4 Å². The van der Waals surface area contributed by atoms with Crippen LogP contribution < -0.4 is 5.73 Å². The molecule has 1 amide bonds. The number of hydrogen-bond donors (Lipinski definition) is 1. The summed E-state index contributed by atoms with van der Waals surface area (Å²) in [6.45, 7) is 2.89. The second-order valence-corrected chi connectivity index (χ2v) is 6.10. The fraction of sp³-hybridized carbons (Fsp3) is 0.588. The molecule has 1 aromatic rings. The summed E-state index contributed by atoms with van der Waals surface area (Å²) in [4.78, 5) is 14.2. The molecule has 0 unspecified atom stereocenters. The summed E-state index contributed by atoms with van der Waals surface area (Å²) in [7, 11) is 0. The van der Waals surface area contributed by atoms with Gasteiger partial charge in [-0.1, -0.05) is 30.3 Å². The molecular formula is C17H25ClN2O3. The summed E-state index contributed by atoms with van der Waals surface area (Å²) < 4.78 is 11.0. The molecule has 0 radical (unpaired) electrons. The fourth-order valence-electron chi connectivity index (χ4n) is 3.21. The van der Waals surface area contributed by atoms with Gasteiger partial charge in [-0.25, -0.2) is 0 Å². The number of ether oxygens (including phenoxy) is 2. The number of hydrogen-bond acceptors (Lipinski definition) is 4. The molecule has 2 atom stereocenters. The number of halogens is 1. The van der Waals surface area contributed by atoms with Gasteiger partial charge >= 0.3 is 0 Å². The molecule has 128 valence electrons. The maximum Gasteiger partial charge on any atom is 0.248 e. The van der Waals surface area contributed by atoms with Gasteiger partial charge in [0.25, 0.3) is 0 Å². The van der Waals surface area contributed by atoms with Crippen LogP contribution in [0.2, 0.25) is 0 Å². The molecule has 0 aromatic heterocycles. The van der Waals surface area contributed by atoms with E-state index in [9.17, 15) is 4.79 Å². The van der Waals surface area contributed by atoms with Crippen LogP contribution in [0.15, 0.2) is 30.3 Å². The number of carbonyl (C=O) groups excluding carboxylic acids is 1. The van der Waals surface area contributed by atoms with Gasteiger partial charge in [0.1, 0.15) is 6.61 Å². The van der Waals surface area contributed by atoms with Crippen molar-refractivity contribution in [1.82, 2.24) is 4.90 Å². The molecule has 0 spiro atoms. The van der Waals surface area contributed by atoms with E-state index < -0.39 is 0 Å². The smallest absolute Gasteiger partial charge is 0.248 e. The summed E-state index contributed by atoms with van der Waals surface area (Å²) in [5.74, 6) is 0.258. The van der Waals surface area contributed by atoms with Gasteiger partial charge in [0.2, 0.25) is 5.91 Å². The van der Waals surface area contributed by atoms with Gasteiger partial charge in [0.15, 0.2) is 0 Å². The van der Waals surface area contributed by atoms with Crippen molar-refractivity contribution in [3.8, 4) is 0 Å². The van der Waals surface area contributed by atoms with Crippen molar-refractivity contribution in [2.24, 2.45) is 5.73 Å². The van der Waals surface area contributed by atoms with Crippen LogP contribution in [0.4, 0.5) is 0 Å². The molecule has 2 saturated heterocycles. The van der Waals surface area contributed by atoms with E-state index in [4.69, 9.17) is 15.2 Å². The molecule has 2 fully saturated rings. The predicted molar refractivity (Wildman–Crippen MR) is 90.8 cm³/mol. The Balaban J connectivity index is 0.00000192. The molecular weight excluding hydrogens is 316 g/mol. The zero-order valence-corrected chi connectivity index (χ0v) is 14.0. The van der Waals surface area contributed by atoms with Crippen LogP contribution >= 0.6 is 12.4 Å². The first-order chi connectivity index (χ1) is 10.7. The maximum atomic E-state index is 12.3. The maximum absolute atomic E-state index is 12.3. The van der Waals surface area contributed by atoms with Crippen LogP contribution in [-0.2, 0) is 14.3 Å². The quantitative estimate of drug-likeness (QED) is 0.903. The first-order valence-electron chi connectivity index (χ1n) is 8.01. The highest BCUT2D eigenvalue weighted by atomic mass is 35.5. The first-order valence-corrected chi connectivity index (χ1v) is 8.01. The number of benzene rings is 1. The lowest BCUT2D eigenvalue weighted by molar-refractivity contribution is -0.139. The standard InChI is InChI=1S/C17H24N2O3.ClH/c18-16-11-19(10-15(16)13-4-2-1-3-5-13)17(20)12-22-14-6-8-21-9-7-14;/h1-5,14-16H,6-12,18H2;1H/t15-,16+;/m0./s1. The Morgan fingerprint density at radius 2 is 1.91 bits per heavy atom. The third-order valence-corrected chi connectivity index (χ3v) is 4.56. The van der Waals surface area contributed by atoms with Crippen molar-refractivity contribution >= 4 is 18.3 Å². The largest absolute Gasteiger partial charge is 0.381 e. The van der Waals surface area contributed by atoms with Crippen LogP contribution in [0.5, 0.6) is 0 Å². The molecule has 23 heavy (non-hydrogen) atoms. The summed E-state index contributed by atoms with van der Waals surface area (Å²) >= 11 is 0. The fourth-order valence-corrected chi connectivity index (χ4v) is 3.21. The van der Waals surface area contributed by atoms with E-state index in [1.807, 2.05) is 23.1 Å². The minimum absolute atomic E-state index is 0. The zero-order valence-electron chi connectivity index (χ0n) is 13.2. The van der Waals surface area contributed by atoms with Crippen LogP contribution in [-0.4, -0.2) is 55.9 Å². The predicted octanol–water partition coefficient (Wildman–Crippen LogP) is 1.56. The first kappa shape index (κ1) is 18.2. The topological polar surface area (TPSA) is 64.8 Å². The second kappa shape index (κ2) is 8.64. The molecule has 2 heterocycles. The van der Waals surface area contributed by atoms with Gasteiger partial charge in [-0.3, -0.25) is 4.79 Å². The van der Waals surface area contributed by atoms with Gasteiger partial charge < -0.3 is 20.1 Å². The van der Waals surface area contributed by atoms with Crippen molar-refractivity contribution in [2.45, 2.75) is 30.9 Å². The summed E-state index contributed by atoms with van der Waals surface area (Å²) in [5.41, 5.74) is 7.43. The minimum atomic E-state index is -0.00516. The molecule has 5 nitrogen and oxygen atoms in total. The van der Waals surface area contributed by atoms with Crippen molar-refractivity contribution in [2.75, 3.05) is 32.9 Å². The molecule has 2 aliphatic rings. The van der Waals surface area contributed by atoms with Crippen molar-refractivity contribution < 1.29 is 14.3 Å². The highest BCUT2D eigenvalue weighted by Crippen LogP contribution is 2.26. The molecule has 3 rings (SSSR count).